The molecule has 4 heteroatoms. The van der Waals surface area contributed by atoms with E-state index in [2.05, 4.69) is 25.8 Å². The number of carbonyl (C=O) groups is 1. The largest absolute Gasteiger partial charge is 0.478 e. The van der Waals surface area contributed by atoms with Crippen LogP contribution in [-0.2, 0) is 5.41 Å². The minimum Gasteiger partial charge on any atom is -0.478 e. The Bertz CT molecular complexity index is 672. The summed E-state index contributed by atoms with van der Waals surface area (Å²) in [7, 11) is 0. The van der Waals surface area contributed by atoms with Crippen LogP contribution in [0.3, 0.4) is 0 Å². The maximum absolute atomic E-state index is 10.9. The van der Waals surface area contributed by atoms with Gasteiger partial charge in [0.2, 0.25) is 5.88 Å². The topological polar surface area (TPSA) is 59.4 Å². The highest BCUT2D eigenvalue weighted by molar-refractivity contribution is 5.87. The van der Waals surface area contributed by atoms with Crippen molar-refractivity contribution < 1.29 is 14.6 Å². The maximum atomic E-state index is 10.9. The molecule has 0 radical (unpaired) electrons. The molecule has 21 heavy (non-hydrogen) atoms. The Morgan fingerprint density at radius 2 is 1.90 bits per heavy atom. The Hall–Kier alpha value is -2.36. The molecule has 2 aromatic rings. The fourth-order valence-electron chi connectivity index (χ4n) is 2.07. The molecule has 0 spiro atoms. The quantitative estimate of drug-likeness (QED) is 0.919. The number of aromatic carboxylic acids is 1. The molecule has 1 N–H and O–H groups in total. The predicted molar refractivity (Wildman–Crippen MR) is 81.1 cm³/mol. The highest BCUT2D eigenvalue weighted by atomic mass is 16.5. The van der Waals surface area contributed by atoms with Crippen molar-refractivity contribution in [2.45, 2.75) is 33.1 Å². The summed E-state index contributed by atoms with van der Waals surface area (Å²) in [5, 5.41) is 8.96. The molecular weight excluding hydrogens is 266 g/mol. The number of rotatable bonds is 3. The van der Waals surface area contributed by atoms with Crippen molar-refractivity contribution >= 4 is 5.97 Å². The molecule has 1 aromatic carbocycles. The molecule has 0 fully saturated rings. The summed E-state index contributed by atoms with van der Waals surface area (Å²) in [5.41, 5.74) is 1.88. The van der Waals surface area contributed by atoms with Crippen LogP contribution >= 0.6 is 0 Å². The summed E-state index contributed by atoms with van der Waals surface area (Å²) in [6, 6.07) is 9.36. The summed E-state index contributed by atoms with van der Waals surface area (Å²) in [4.78, 5) is 15.0. The molecule has 0 aliphatic heterocycles. The Labute approximate surface area is 124 Å². The molecule has 1 aromatic heterocycles. The van der Waals surface area contributed by atoms with E-state index < -0.39 is 5.97 Å². The van der Waals surface area contributed by atoms with Gasteiger partial charge in [0.15, 0.2) is 0 Å². The predicted octanol–water partition coefficient (Wildman–Crippen LogP) is 4.18. The van der Waals surface area contributed by atoms with Gasteiger partial charge in [-0.1, -0.05) is 39.0 Å². The van der Waals surface area contributed by atoms with Gasteiger partial charge in [0.05, 0.1) is 5.56 Å². The van der Waals surface area contributed by atoms with Crippen molar-refractivity contribution in [1.29, 1.82) is 0 Å². The summed E-state index contributed by atoms with van der Waals surface area (Å²) >= 11 is 0. The van der Waals surface area contributed by atoms with Gasteiger partial charge in [-0.25, -0.2) is 9.78 Å². The van der Waals surface area contributed by atoms with E-state index in [-0.39, 0.29) is 11.0 Å². The fraction of sp³-hybridized carbons (Fsp3) is 0.294. The van der Waals surface area contributed by atoms with E-state index in [1.54, 1.807) is 13.0 Å². The monoisotopic (exact) mass is 285 g/mol. The number of hydrogen-bond acceptors (Lipinski definition) is 3. The maximum Gasteiger partial charge on any atom is 0.337 e. The molecule has 4 nitrogen and oxygen atoms in total. The zero-order valence-corrected chi connectivity index (χ0v) is 12.7. The van der Waals surface area contributed by atoms with Crippen molar-refractivity contribution in [2.24, 2.45) is 0 Å². The first-order valence-electron chi connectivity index (χ1n) is 6.76. The number of ether oxygens (including phenoxy) is 1. The summed E-state index contributed by atoms with van der Waals surface area (Å²) in [5.74, 6) is 0.174. The van der Waals surface area contributed by atoms with Gasteiger partial charge in [-0.15, -0.1) is 0 Å². The van der Waals surface area contributed by atoms with Gasteiger partial charge in [-0.3, -0.25) is 0 Å². The average Bonchev–Trinajstić information content (AvgIpc) is 2.40. The van der Waals surface area contributed by atoms with Gasteiger partial charge in [0, 0.05) is 17.3 Å². The first-order chi connectivity index (χ1) is 9.79. The Morgan fingerprint density at radius 3 is 2.48 bits per heavy atom. The lowest BCUT2D eigenvalue weighted by atomic mass is 9.86. The van der Waals surface area contributed by atoms with Crippen molar-refractivity contribution in [3.8, 4) is 11.6 Å². The number of carboxylic acids is 1. The molecule has 0 atom stereocenters. The molecule has 1 heterocycles. The molecule has 2 rings (SSSR count). The number of benzene rings is 1. The highest BCUT2D eigenvalue weighted by Gasteiger charge is 2.19. The Kier molecular flexibility index (Phi) is 3.98. The fourth-order valence-corrected chi connectivity index (χ4v) is 2.07. The van der Waals surface area contributed by atoms with Crippen LogP contribution in [0.1, 0.15) is 42.3 Å². The van der Waals surface area contributed by atoms with Gasteiger partial charge in [-0.2, -0.15) is 0 Å². The molecule has 0 bridgehead atoms. The van der Waals surface area contributed by atoms with Crippen LogP contribution in [0.5, 0.6) is 11.6 Å². The lowest BCUT2D eigenvalue weighted by Crippen LogP contribution is -2.12. The second kappa shape index (κ2) is 5.56. The van der Waals surface area contributed by atoms with Crippen molar-refractivity contribution in [1.82, 2.24) is 4.98 Å². The lowest BCUT2D eigenvalue weighted by Gasteiger charge is -2.22. The number of hydrogen-bond donors (Lipinski definition) is 1. The number of carboxylic acid groups (broad SMARTS) is 1. The number of para-hydroxylation sites is 1. The van der Waals surface area contributed by atoms with Gasteiger partial charge < -0.3 is 9.84 Å². The minimum atomic E-state index is -0.993. The van der Waals surface area contributed by atoms with Gasteiger partial charge in [-0.05, 0) is 24.5 Å². The molecule has 0 aliphatic rings. The molecule has 0 amide bonds. The molecule has 0 unspecified atom stereocenters. The van der Waals surface area contributed by atoms with E-state index in [0.29, 0.717) is 11.4 Å². The standard InChI is InChI=1S/C17H19NO3/c1-11-9-12(16(19)20)10-18-15(11)21-14-8-6-5-7-13(14)17(2,3)4/h5-10H,1-4H3,(H,19,20). The van der Waals surface area contributed by atoms with Crippen molar-refractivity contribution in [3.05, 3.63) is 53.2 Å². The van der Waals surface area contributed by atoms with Crippen molar-refractivity contribution in [2.75, 3.05) is 0 Å². The summed E-state index contributed by atoms with van der Waals surface area (Å²) in [6.07, 6.45) is 1.31. The highest BCUT2D eigenvalue weighted by Crippen LogP contribution is 2.34. The molecule has 110 valence electrons. The zero-order chi connectivity index (χ0) is 15.6. The van der Waals surface area contributed by atoms with E-state index in [4.69, 9.17) is 9.84 Å². The number of pyridine rings is 1. The third-order valence-corrected chi connectivity index (χ3v) is 3.18. The lowest BCUT2D eigenvalue weighted by molar-refractivity contribution is 0.0696. The van der Waals surface area contributed by atoms with Crippen LogP contribution in [0.25, 0.3) is 0 Å². The van der Waals surface area contributed by atoms with Gasteiger partial charge >= 0.3 is 5.97 Å². The van der Waals surface area contributed by atoms with E-state index in [9.17, 15) is 4.79 Å². The third kappa shape index (κ3) is 3.40. The van der Waals surface area contributed by atoms with Crippen LogP contribution in [0.15, 0.2) is 36.5 Å². The normalized spacial score (nSPS) is 11.2. The van der Waals surface area contributed by atoms with Crippen LogP contribution in [-0.4, -0.2) is 16.1 Å². The van der Waals surface area contributed by atoms with Gasteiger partial charge in [0.25, 0.3) is 0 Å². The molecular formula is C17H19NO3. The minimum absolute atomic E-state index is 0.0501. The van der Waals surface area contributed by atoms with E-state index in [1.807, 2.05) is 24.3 Å². The second-order valence-electron chi connectivity index (χ2n) is 6.00. The zero-order valence-electron chi connectivity index (χ0n) is 12.7. The SMILES string of the molecule is Cc1cc(C(=O)O)cnc1Oc1ccccc1C(C)(C)C. The third-order valence-electron chi connectivity index (χ3n) is 3.18. The Morgan fingerprint density at radius 1 is 1.24 bits per heavy atom. The van der Waals surface area contributed by atoms with E-state index in [0.717, 1.165) is 11.3 Å². The summed E-state index contributed by atoms with van der Waals surface area (Å²) < 4.78 is 5.90. The molecule has 0 saturated heterocycles. The summed E-state index contributed by atoms with van der Waals surface area (Å²) in [6.45, 7) is 8.13. The number of aromatic nitrogens is 1. The van der Waals surface area contributed by atoms with Crippen LogP contribution in [0, 0.1) is 6.92 Å². The van der Waals surface area contributed by atoms with Gasteiger partial charge in [0.1, 0.15) is 5.75 Å². The van der Waals surface area contributed by atoms with Crippen molar-refractivity contribution in [3.63, 3.8) is 0 Å². The Balaban J connectivity index is 2.38. The average molecular weight is 285 g/mol. The first-order valence-corrected chi connectivity index (χ1v) is 6.76. The van der Waals surface area contributed by atoms with Crippen LogP contribution in [0.4, 0.5) is 0 Å². The first kappa shape index (κ1) is 15.0. The van der Waals surface area contributed by atoms with E-state index in [1.165, 1.54) is 6.20 Å². The molecule has 0 saturated carbocycles. The van der Waals surface area contributed by atoms with E-state index >= 15 is 0 Å². The number of nitrogens with zero attached hydrogens (tertiary/aromatic N) is 1. The van der Waals surface area contributed by atoms with Crippen LogP contribution in [0.2, 0.25) is 0 Å². The molecule has 0 aliphatic carbocycles. The smallest absolute Gasteiger partial charge is 0.337 e. The number of aryl methyl sites for hydroxylation is 1. The second-order valence-corrected chi connectivity index (χ2v) is 6.00. The van der Waals surface area contributed by atoms with Crippen LogP contribution < -0.4 is 4.74 Å².